The molecule has 0 atom stereocenters. The van der Waals surface area contributed by atoms with E-state index in [2.05, 4.69) is 50.8 Å². The molecule has 0 unspecified atom stereocenters. The average molecular weight is 288 g/mol. The van der Waals surface area contributed by atoms with Crippen LogP contribution in [0.25, 0.3) is 0 Å². The van der Waals surface area contributed by atoms with Gasteiger partial charge >= 0.3 is 0 Å². The molecule has 0 N–H and O–H groups in total. The molecule has 1 saturated heterocycles. The van der Waals surface area contributed by atoms with Crippen LogP contribution in [0.2, 0.25) is 0 Å². The molecule has 0 radical (unpaired) electrons. The van der Waals surface area contributed by atoms with Crippen molar-refractivity contribution in [1.29, 1.82) is 0 Å². The maximum absolute atomic E-state index is 11.5. The van der Waals surface area contributed by atoms with Gasteiger partial charge in [0, 0.05) is 38.8 Å². The van der Waals surface area contributed by atoms with Gasteiger partial charge in [0.2, 0.25) is 5.91 Å². The van der Waals surface area contributed by atoms with Crippen LogP contribution in [0.4, 0.5) is 5.69 Å². The van der Waals surface area contributed by atoms with Gasteiger partial charge in [-0.25, -0.2) is 0 Å². The molecule has 21 heavy (non-hydrogen) atoms. The molecule has 0 aliphatic carbocycles. The van der Waals surface area contributed by atoms with E-state index in [4.69, 9.17) is 0 Å². The first kappa shape index (κ1) is 15.9. The number of hydrogen-bond donors (Lipinski definition) is 0. The number of para-hydroxylation sites is 1. The van der Waals surface area contributed by atoms with Crippen molar-refractivity contribution in [3.05, 3.63) is 29.3 Å². The van der Waals surface area contributed by atoms with Crippen molar-refractivity contribution in [3.8, 4) is 0 Å². The van der Waals surface area contributed by atoms with Gasteiger partial charge in [-0.15, -0.1) is 0 Å². The maximum Gasteiger partial charge on any atom is 0.219 e. The van der Waals surface area contributed by atoms with Gasteiger partial charge in [-0.1, -0.05) is 45.9 Å². The van der Waals surface area contributed by atoms with E-state index in [1.165, 1.54) is 16.8 Å². The molecule has 0 aromatic heterocycles. The van der Waals surface area contributed by atoms with Crippen LogP contribution in [0.1, 0.15) is 57.6 Å². The molecule has 2 rings (SSSR count). The zero-order valence-corrected chi connectivity index (χ0v) is 14.0. The molecule has 0 spiro atoms. The van der Waals surface area contributed by atoms with Gasteiger partial charge in [-0.05, 0) is 23.0 Å². The molecule has 0 saturated carbocycles. The van der Waals surface area contributed by atoms with Crippen LogP contribution in [-0.4, -0.2) is 37.0 Å². The van der Waals surface area contributed by atoms with E-state index in [0.717, 1.165) is 26.2 Å². The van der Waals surface area contributed by atoms with Crippen molar-refractivity contribution in [2.75, 3.05) is 31.1 Å². The number of nitrogens with zero attached hydrogens (tertiary/aromatic N) is 2. The smallest absolute Gasteiger partial charge is 0.219 e. The van der Waals surface area contributed by atoms with Crippen LogP contribution in [0.5, 0.6) is 0 Å². The van der Waals surface area contributed by atoms with E-state index in [1.807, 2.05) is 4.90 Å². The Bertz CT molecular complexity index is 474. The Kier molecular flexibility index (Phi) is 4.92. The Morgan fingerprint density at radius 3 is 1.81 bits per heavy atom. The van der Waals surface area contributed by atoms with Crippen molar-refractivity contribution >= 4 is 11.6 Å². The van der Waals surface area contributed by atoms with Crippen molar-refractivity contribution in [2.45, 2.75) is 46.5 Å². The highest BCUT2D eigenvalue weighted by molar-refractivity contribution is 5.73. The minimum absolute atomic E-state index is 0.191. The number of rotatable bonds is 3. The molecule has 0 bridgehead atoms. The van der Waals surface area contributed by atoms with Crippen LogP contribution in [-0.2, 0) is 4.79 Å². The van der Waals surface area contributed by atoms with Gasteiger partial charge in [0.15, 0.2) is 0 Å². The van der Waals surface area contributed by atoms with E-state index in [1.54, 1.807) is 6.92 Å². The molecule has 1 aliphatic heterocycles. The first-order valence-electron chi connectivity index (χ1n) is 8.05. The topological polar surface area (TPSA) is 23.6 Å². The summed E-state index contributed by atoms with van der Waals surface area (Å²) in [5.41, 5.74) is 4.26. The zero-order chi connectivity index (χ0) is 15.6. The summed E-state index contributed by atoms with van der Waals surface area (Å²) in [5.74, 6) is 1.23. The van der Waals surface area contributed by atoms with Gasteiger partial charge in [0.1, 0.15) is 0 Å². The second-order valence-corrected chi connectivity index (χ2v) is 6.59. The molecule has 1 fully saturated rings. The lowest BCUT2D eigenvalue weighted by atomic mass is 9.91. The highest BCUT2D eigenvalue weighted by Gasteiger charge is 2.24. The fourth-order valence-corrected chi connectivity index (χ4v) is 3.12. The highest BCUT2D eigenvalue weighted by Crippen LogP contribution is 2.35. The number of carbonyl (C=O) groups excluding carboxylic acids is 1. The minimum Gasteiger partial charge on any atom is -0.368 e. The Labute approximate surface area is 128 Å². The Balaban J connectivity index is 2.32. The zero-order valence-electron chi connectivity index (χ0n) is 14.0. The summed E-state index contributed by atoms with van der Waals surface area (Å²) in [4.78, 5) is 15.9. The molecular weight excluding hydrogens is 260 g/mol. The molecule has 1 heterocycles. The number of hydrogen-bond acceptors (Lipinski definition) is 2. The molecular formula is C18H28N2O. The predicted octanol–water partition coefficient (Wildman–Crippen LogP) is 3.60. The summed E-state index contributed by atoms with van der Waals surface area (Å²) >= 11 is 0. The molecule has 3 nitrogen and oxygen atoms in total. The average Bonchev–Trinajstić information content (AvgIpc) is 2.46. The summed E-state index contributed by atoms with van der Waals surface area (Å²) in [6.45, 7) is 14.2. The van der Waals surface area contributed by atoms with Crippen molar-refractivity contribution < 1.29 is 4.79 Å². The summed E-state index contributed by atoms with van der Waals surface area (Å²) in [7, 11) is 0. The minimum atomic E-state index is 0.191. The van der Waals surface area contributed by atoms with Crippen LogP contribution in [0.3, 0.4) is 0 Å². The Morgan fingerprint density at radius 2 is 1.43 bits per heavy atom. The third-order valence-corrected chi connectivity index (χ3v) is 4.38. The largest absolute Gasteiger partial charge is 0.368 e. The molecule has 116 valence electrons. The third-order valence-electron chi connectivity index (χ3n) is 4.38. The Hall–Kier alpha value is -1.51. The monoisotopic (exact) mass is 288 g/mol. The number of benzene rings is 1. The summed E-state index contributed by atoms with van der Waals surface area (Å²) in [6.07, 6.45) is 0. The number of amides is 1. The predicted molar refractivity (Wildman–Crippen MR) is 89.1 cm³/mol. The van der Waals surface area contributed by atoms with E-state index >= 15 is 0 Å². The quantitative estimate of drug-likeness (QED) is 0.848. The summed E-state index contributed by atoms with van der Waals surface area (Å²) in [5, 5.41) is 0. The van der Waals surface area contributed by atoms with E-state index < -0.39 is 0 Å². The molecule has 1 aromatic rings. The van der Waals surface area contributed by atoms with E-state index in [-0.39, 0.29) is 5.91 Å². The fraction of sp³-hybridized carbons (Fsp3) is 0.611. The van der Waals surface area contributed by atoms with Crippen LogP contribution in [0.15, 0.2) is 18.2 Å². The fourth-order valence-electron chi connectivity index (χ4n) is 3.12. The van der Waals surface area contributed by atoms with Gasteiger partial charge < -0.3 is 9.80 Å². The van der Waals surface area contributed by atoms with Crippen molar-refractivity contribution in [3.63, 3.8) is 0 Å². The second kappa shape index (κ2) is 6.50. The van der Waals surface area contributed by atoms with Crippen LogP contribution in [0, 0.1) is 0 Å². The normalized spacial score (nSPS) is 16.0. The van der Waals surface area contributed by atoms with Gasteiger partial charge in [0.25, 0.3) is 0 Å². The van der Waals surface area contributed by atoms with Crippen molar-refractivity contribution in [1.82, 2.24) is 4.90 Å². The molecule has 1 aromatic carbocycles. The summed E-state index contributed by atoms with van der Waals surface area (Å²) < 4.78 is 0. The van der Waals surface area contributed by atoms with Gasteiger partial charge in [-0.2, -0.15) is 0 Å². The first-order valence-corrected chi connectivity index (χ1v) is 8.05. The standard InChI is InChI=1S/C18H28N2O/c1-13(2)16-7-6-8-17(14(3)4)18(16)20-11-9-19(10-12-20)15(5)21/h6-8,13-14H,9-12H2,1-5H3. The van der Waals surface area contributed by atoms with Gasteiger partial charge in [-0.3, -0.25) is 4.79 Å². The van der Waals surface area contributed by atoms with Gasteiger partial charge in [0.05, 0.1) is 0 Å². The lowest BCUT2D eigenvalue weighted by Gasteiger charge is -2.38. The van der Waals surface area contributed by atoms with E-state index in [9.17, 15) is 4.79 Å². The lowest BCUT2D eigenvalue weighted by Crippen LogP contribution is -2.48. The lowest BCUT2D eigenvalue weighted by molar-refractivity contribution is -0.129. The molecule has 1 amide bonds. The number of carbonyl (C=O) groups is 1. The SMILES string of the molecule is CC(=O)N1CCN(c2c(C(C)C)cccc2C(C)C)CC1. The Morgan fingerprint density at radius 1 is 0.952 bits per heavy atom. The summed E-state index contributed by atoms with van der Waals surface area (Å²) in [6, 6.07) is 6.69. The molecule has 3 heteroatoms. The highest BCUT2D eigenvalue weighted by atomic mass is 16.2. The third kappa shape index (κ3) is 3.39. The van der Waals surface area contributed by atoms with Crippen LogP contribution < -0.4 is 4.90 Å². The van der Waals surface area contributed by atoms with Crippen LogP contribution >= 0.6 is 0 Å². The number of piperazine rings is 1. The maximum atomic E-state index is 11.5. The van der Waals surface area contributed by atoms with Crippen molar-refractivity contribution in [2.24, 2.45) is 0 Å². The second-order valence-electron chi connectivity index (χ2n) is 6.59. The number of anilines is 1. The van der Waals surface area contributed by atoms with E-state index in [0.29, 0.717) is 11.8 Å². The first-order chi connectivity index (χ1) is 9.91. The molecule has 1 aliphatic rings.